The minimum atomic E-state index is 0.159. The maximum absolute atomic E-state index is 11.5. The van der Waals surface area contributed by atoms with Crippen LogP contribution in [0.5, 0.6) is 0 Å². The lowest BCUT2D eigenvalue weighted by atomic mass is 10.0. The molecule has 2 unspecified atom stereocenters. The van der Waals surface area contributed by atoms with Gasteiger partial charge in [0.1, 0.15) is 0 Å². The molecule has 1 aliphatic rings. The number of nitrogens with two attached hydrogens (primary N) is 1. The second-order valence-corrected chi connectivity index (χ2v) is 4.99. The van der Waals surface area contributed by atoms with Crippen molar-refractivity contribution in [2.24, 2.45) is 11.7 Å². The second kappa shape index (κ2) is 8.48. The van der Waals surface area contributed by atoms with Crippen LogP contribution in [-0.4, -0.2) is 31.7 Å². The van der Waals surface area contributed by atoms with E-state index < -0.39 is 0 Å². The van der Waals surface area contributed by atoms with E-state index >= 15 is 0 Å². The first-order chi connectivity index (χ1) is 8.22. The van der Waals surface area contributed by atoms with Gasteiger partial charge in [0.15, 0.2) is 0 Å². The second-order valence-electron chi connectivity index (χ2n) is 4.99. The summed E-state index contributed by atoms with van der Waals surface area (Å²) in [4.78, 5) is 11.5. The van der Waals surface area contributed by atoms with Crippen molar-refractivity contribution in [1.29, 1.82) is 0 Å². The summed E-state index contributed by atoms with van der Waals surface area (Å²) in [6.07, 6.45) is 6.17. The maximum Gasteiger partial charge on any atom is 0.220 e. The van der Waals surface area contributed by atoms with Crippen LogP contribution in [0.1, 0.15) is 45.4 Å². The van der Waals surface area contributed by atoms with Gasteiger partial charge in [-0.1, -0.05) is 6.92 Å². The molecule has 4 nitrogen and oxygen atoms in total. The fourth-order valence-electron chi connectivity index (χ4n) is 2.14. The molecule has 0 aromatic rings. The molecule has 0 radical (unpaired) electrons. The van der Waals surface area contributed by atoms with Crippen LogP contribution in [0.2, 0.25) is 0 Å². The van der Waals surface area contributed by atoms with E-state index in [1.54, 1.807) is 0 Å². The van der Waals surface area contributed by atoms with Crippen molar-refractivity contribution >= 4 is 5.91 Å². The fraction of sp³-hybridized carbons (Fsp3) is 0.923. The number of nitrogens with one attached hydrogen (secondary N) is 1. The first-order valence-electron chi connectivity index (χ1n) is 6.80. The number of hydrogen-bond acceptors (Lipinski definition) is 3. The van der Waals surface area contributed by atoms with Crippen molar-refractivity contribution < 1.29 is 9.53 Å². The molecule has 0 aliphatic carbocycles. The highest BCUT2D eigenvalue weighted by Crippen LogP contribution is 2.14. The van der Waals surface area contributed by atoms with E-state index in [1.807, 2.05) is 0 Å². The standard InChI is InChI=1S/C13H26N2O2/c1-11(6-8-14)4-5-13(16)15-9-7-12-3-2-10-17-12/h11-12H,2-10,14H2,1H3,(H,15,16). The van der Waals surface area contributed by atoms with Crippen LogP contribution in [0.4, 0.5) is 0 Å². The Kier molecular flexibility index (Phi) is 7.21. The highest BCUT2D eigenvalue weighted by Gasteiger charge is 2.15. The molecule has 0 aromatic heterocycles. The molecule has 1 aliphatic heterocycles. The summed E-state index contributed by atoms with van der Waals surface area (Å²) in [7, 11) is 0. The Morgan fingerprint density at radius 1 is 1.53 bits per heavy atom. The Labute approximate surface area is 104 Å². The number of hydrogen-bond donors (Lipinski definition) is 2. The van der Waals surface area contributed by atoms with Crippen molar-refractivity contribution in [1.82, 2.24) is 5.32 Å². The van der Waals surface area contributed by atoms with Crippen LogP contribution in [0.3, 0.4) is 0 Å². The molecule has 0 aromatic carbocycles. The topological polar surface area (TPSA) is 64.4 Å². The summed E-state index contributed by atoms with van der Waals surface area (Å²) < 4.78 is 5.50. The van der Waals surface area contributed by atoms with Gasteiger partial charge in [-0.3, -0.25) is 4.79 Å². The molecular formula is C13H26N2O2. The highest BCUT2D eigenvalue weighted by atomic mass is 16.5. The molecule has 1 amide bonds. The van der Waals surface area contributed by atoms with Crippen LogP contribution in [0.25, 0.3) is 0 Å². The normalized spacial score (nSPS) is 21.4. The molecule has 100 valence electrons. The molecule has 17 heavy (non-hydrogen) atoms. The first kappa shape index (κ1) is 14.5. The van der Waals surface area contributed by atoms with Crippen LogP contribution in [0.15, 0.2) is 0 Å². The predicted octanol–water partition coefficient (Wildman–Crippen LogP) is 1.44. The van der Waals surface area contributed by atoms with Crippen molar-refractivity contribution in [3.05, 3.63) is 0 Å². The van der Waals surface area contributed by atoms with Gasteiger partial charge < -0.3 is 15.8 Å². The minimum absolute atomic E-state index is 0.159. The molecule has 0 saturated carbocycles. The smallest absolute Gasteiger partial charge is 0.220 e. The quantitative estimate of drug-likeness (QED) is 0.677. The van der Waals surface area contributed by atoms with Gasteiger partial charge >= 0.3 is 0 Å². The average Bonchev–Trinajstić information content (AvgIpc) is 2.80. The number of carbonyl (C=O) groups excluding carboxylic acids is 1. The van der Waals surface area contributed by atoms with Gasteiger partial charge in [0.2, 0.25) is 5.91 Å². The lowest BCUT2D eigenvalue weighted by Crippen LogP contribution is -2.27. The summed E-state index contributed by atoms with van der Waals surface area (Å²) in [5, 5.41) is 2.96. The summed E-state index contributed by atoms with van der Waals surface area (Å²) in [6, 6.07) is 0. The Hall–Kier alpha value is -0.610. The van der Waals surface area contributed by atoms with Gasteiger partial charge in [-0.2, -0.15) is 0 Å². The average molecular weight is 242 g/mol. The maximum atomic E-state index is 11.5. The van der Waals surface area contributed by atoms with Crippen molar-refractivity contribution in [2.75, 3.05) is 19.7 Å². The van der Waals surface area contributed by atoms with E-state index in [-0.39, 0.29) is 5.91 Å². The van der Waals surface area contributed by atoms with Gasteiger partial charge in [-0.25, -0.2) is 0 Å². The van der Waals surface area contributed by atoms with Crippen LogP contribution in [-0.2, 0) is 9.53 Å². The molecular weight excluding hydrogens is 216 g/mol. The van der Waals surface area contributed by atoms with Crippen LogP contribution < -0.4 is 11.1 Å². The summed E-state index contributed by atoms with van der Waals surface area (Å²) in [5.74, 6) is 0.704. The van der Waals surface area contributed by atoms with E-state index in [9.17, 15) is 4.79 Å². The molecule has 0 spiro atoms. The summed E-state index contributed by atoms with van der Waals surface area (Å²) in [5.41, 5.74) is 5.47. The molecule has 1 rings (SSSR count). The lowest BCUT2D eigenvalue weighted by molar-refractivity contribution is -0.121. The monoisotopic (exact) mass is 242 g/mol. The molecule has 1 fully saturated rings. The molecule has 1 heterocycles. The third-order valence-corrected chi connectivity index (χ3v) is 3.34. The number of ether oxygens (including phenoxy) is 1. The highest BCUT2D eigenvalue weighted by molar-refractivity contribution is 5.75. The van der Waals surface area contributed by atoms with Crippen LogP contribution in [0, 0.1) is 5.92 Å². The minimum Gasteiger partial charge on any atom is -0.378 e. The van der Waals surface area contributed by atoms with Crippen molar-refractivity contribution in [3.63, 3.8) is 0 Å². The molecule has 4 heteroatoms. The zero-order valence-electron chi connectivity index (χ0n) is 10.9. The molecule has 0 bridgehead atoms. The Morgan fingerprint density at radius 2 is 2.35 bits per heavy atom. The zero-order valence-corrected chi connectivity index (χ0v) is 10.9. The third-order valence-electron chi connectivity index (χ3n) is 3.34. The zero-order chi connectivity index (χ0) is 12.5. The molecule has 1 saturated heterocycles. The Balaban J connectivity index is 1.96. The number of carbonyl (C=O) groups is 1. The van der Waals surface area contributed by atoms with E-state index in [4.69, 9.17) is 10.5 Å². The van der Waals surface area contributed by atoms with E-state index in [2.05, 4.69) is 12.2 Å². The van der Waals surface area contributed by atoms with E-state index in [0.717, 1.165) is 45.3 Å². The number of amides is 1. The molecule has 3 N–H and O–H groups in total. The van der Waals surface area contributed by atoms with E-state index in [0.29, 0.717) is 25.0 Å². The SMILES string of the molecule is CC(CCN)CCC(=O)NCCC1CCCO1. The van der Waals surface area contributed by atoms with Gasteiger partial charge in [-0.15, -0.1) is 0 Å². The van der Waals surface area contributed by atoms with Gasteiger partial charge in [0, 0.05) is 19.6 Å². The molecule has 2 atom stereocenters. The largest absolute Gasteiger partial charge is 0.378 e. The van der Waals surface area contributed by atoms with Crippen molar-refractivity contribution in [2.45, 2.75) is 51.6 Å². The third kappa shape index (κ3) is 6.64. The number of rotatable bonds is 8. The Morgan fingerprint density at radius 3 is 3.00 bits per heavy atom. The Bertz CT molecular complexity index is 215. The van der Waals surface area contributed by atoms with Gasteiger partial charge in [-0.05, 0) is 44.6 Å². The van der Waals surface area contributed by atoms with E-state index in [1.165, 1.54) is 0 Å². The fourth-order valence-corrected chi connectivity index (χ4v) is 2.14. The first-order valence-corrected chi connectivity index (χ1v) is 6.80. The predicted molar refractivity (Wildman–Crippen MR) is 68.7 cm³/mol. The summed E-state index contributed by atoms with van der Waals surface area (Å²) in [6.45, 7) is 4.48. The van der Waals surface area contributed by atoms with Gasteiger partial charge in [0.05, 0.1) is 6.10 Å². The lowest BCUT2D eigenvalue weighted by Gasteiger charge is -2.11. The summed E-state index contributed by atoms with van der Waals surface area (Å²) >= 11 is 0. The van der Waals surface area contributed by atoms with Gasteiger partial charge in [0.25, 0.3) is 0 Å². The van der Waals surface area contributed by atoms with Crippen LogP contribution >= 0.6 is 0 Å². The van der Waals surface area contributed by atoms with Crippen molar-refractivity contribution in [3.8, 4) is 0 Å².